The van der Waals surface area contributed by atoms with Crippen molar-refractivity contribution in [2.24, 2.45) is 5.73 Å². The summed E-state index contributed by atoms with van der Waals surface area (Å²) >= 11 is 0. The van der Waals surface area contributed by atoms with E-state index < -0.39 is 0 Å². The number of methoxy groups -OCH3 is 1. The second-order valence-corrected chi connectivity index (χ2v) is 1.99. The number of nitrogens with zero attached hydrogens (tertiary/aromatic N) is 3. The Morgan fingerprint density at radius 1 is 1.36 bits per heavy atom. The van der Waals surface area contributed by atoms with Crippen LogP contribution in [0.15, 0.2) is 0 Å². The quantitative estimate of drug-likeness (QED) is 0.630. The van der Waals surface area contributed by atoms with E-state index in [0.29, 0.717) is 24.2 Å². The summed E-state index contributed by atoms with van der Waals surface area (Å²) in [5.74, 6) is 1.17. The third-order valence-corrected chi connectivity index (χ3v) is 1.14. The highest BCUT2D eigenvalue weighted by Crippen LogP contribution is 2.00. The Hall–Kier alpha value is -1.23. The number of hydrogen-bond acceptors (Lipinski definition) is 5. The van der Waals surface area contributed by atoms with E-state index in [4.69, 9.17) is 10.5 Å². The lowest BCUT2D eigenvalue weighted by Gasteiger charge is -2.00. The van der Waals surface area contributed by atoms with E-state index in [2.05, 4.69) is 15.0 Å². The third-order valence-electron chi connectivity index (χ3n) is 1.14. The molecule has 5 heteroatoms. The molecule has 1 aromatic heterocycles. The summed E-state index contributed by atoms with van der Waals surface area (Å²) in [6.07, 6.45) is 0. The summed E-state index contributed by atoms with van der Waals surface area (Å²) in [5, 5.41) is 0. The van der Waals surface area contributed by atoms with E-state index in [1.54, 1.807) is 6.92 Å². The Morgan fingerprint density at radius 3 is 2.64 bits per heavy atom. The predicted octanol–water partition coefficient (Wildman–Crippen LogP) is -0.353. The molecule has 0 atom stereocenters. The molecule has 11 heavy (non-hydrogen) atoms. The van der Waals surface area contributed by atoms with Crippen molar-refractivity contribution < 1.29 is 4.74 Å². The van der Waals surface area contributed by atoms with E-state index in [1.165, 1.54) is 7.11 Å². The lowest BCUT2D eigenvalue weighted by Crippen LogP contribution is -2.07. The Morgan fingerprint density at radius 2 is 2.09 bits per heavy atom. The number of hydrogen-bond donors (Lipinski definition) is 1. The van der Waals surface area contributed by atoms with Crippen molar-refractivity contribution in [3.63, 3.8) is 0 Å². The van der Waals surface area contributed by atoms with Crippen molar-refractivity contribution in [3.05, 3.63) is 11.6 Å². The molecule has 0 amide bonds. The lowest BCUT2D eigenvalue weighted by molar-refractivity contribution is 0.374. The molecule has 0 saturated carbocycles. The normalized spacial score (nSPS) is 9.73. The number of aromatic nitrogens is 3. The molecular formula is C6H10N4O. The van der Waals surface area contributed by atoms with Gasteiger partial charge >= 0.3 is 6.01 Å². The molecule has 1 rings (SSSR count). The number of rotatable bonds is 2. The summed E-state index contributed by atoms with van der Waals surface area (Å²) in [5.41, 5.74) is 5.33. The topological polar surface area (TPSA) is 73.9 Å². The first-order valence-corrected chi connectivity index (χ1v) is 3.22. The molecule has 0 aliphatic rings. The smallest absolute Gasteiger partial charge is 0.319 e. The monoisotopic (exact) mass is 154 g/mol. The van der Waals surface area contributed by atoms with E-state index >= 15 is 0 Å². The number of nitrogens with two attached hydrogens (primary N) is 1. The van der Waals surface area contributed by atoms with Gasteiger partial charge in [-0.1, -0.05) is 0 Å². The van der Waals surface area contributed by atoms with Gasteiger partial charge in [0, 0.05) is 0 Å². The molecule has 2 N–H and O–H groups in total. The van der Waals surface area contributed by atoms with Crippen LogP contribution >= 0.6 is 0 Å². The van der Waals surface area contributed by atoms with Crippen molar-refractivity contribution in [1.29, 1.82) is 0 Å². The lowest BCUT2D eigenvalue weighted by atomic mass is 10.6. The Bertz CT molecular complexity index is 228. The Kier molecular flexibility index (Phi) is 2.32. The first kappa shape index (κ1) is 7.87. The predicted molar refractivity (Wildman–Crippen MR) is 39.0 cm³/mol. The van der Waals surface area contributed by atoms with Gasteiger partial charge in [-0.2, -0.15) is 9.97 Å². The maximum atomic E-state index is 5.33. The van der Waals surface area contributed by atoms with Crippen LogP contribution in [0.3, 0.4) is 0 Å². The van der Waals surface area contributed by atoms with Gasteiger partial charge in [-0.3, -0.25) is 0 Å². The molecule has 0 aliphatic carbocycles. The van der Waals surface area contributed by atoms with Crippen LogP contribution in [-0.4, -0.2) is 22.1 Å². The molecule has 0 bridgehead atoms. The largest absolute Gasteiger partial charge is 0.467 e. The Balaban J connectivity index is 3.02. The van der Waals surface area contributed by atoms with Crippen LogP contribution in [-0.2, 0) is 6.54 Å². The average molecular weight is 154 g/mol. The van der Waals surface area contributed by atoms with Gasteiger partial charge in [-0.25, -0.2) is 4.98 Å². The van der Waals surface area contributed by atoms with Gasteiger partial charge in [-0.15, -0.1) is 0 Å². The summed E-state index contributed by atoms with van der Waals surface area (Å²) in [6, 6.07) is 0.318. The van der Waals surface area contributed by atoms with Crippen LogP contribution in [0.1, 0.15) is 11.6 Å². The van der Waals surface area contributed by atoms with Crippen molar-refractivity contribution in [1.82, 2.24) is 15.0 Å². The molecule has 5 nitrogen and oxygen atoms in total. The minimum Gasteiger partial charge on any atom is -0.467 e. The first-order valence-electron chi connectivity index (χ1n) is 3.22. The molecule has 60 valence electrons. The van der Waals surface area contributed by atoms with Crippen molar-refractivity contribution >= 4 is 0 Å². The number of ether oxygens (including phenoxy) is 1. The van der Waals surface area contributed by atoms with Gasteiger partial charge in [0.1, 0.15) is 11.6 Å². The highest BCUT2D eigenvalue weighted by atomic mass is 16.5. The molecule has 0 fully saturated rings. The maximum Gasteiger partial charge on any atom is 0.319 e. The second kappa shape index (κ2) is 3.25. The van der Waals surface area contributed by atoms with E-state index in [-0.39, 0.29) is 0 Å². The van der Waals surface area contributed by atoms with Crippen molar-refractivity contribution in [2.45, 2.75) is 13.5 Å². The highest BCUT2D eigenvalue weighted by molar-refractivity contribution is 4.99. The second-order valence-electron chi connectivity index (χ2n) is 1.99. The van der Waals surface area contributed by atoms with Crippen molar-refractivity contribution in [2.75, 3.05) is 7.11 Å². The molecule has 0 spiro atoms. The van der Waals surface area contributed by atoms with E-state index in [1.807, 2.05) is 0 Å². The first-order chi connectivity index (χ1) is 5.26. The van der Waals surface area contributed by atoms with Crippen LogP contribution in [0.25, 0.3) is 0 Å². The fourth-order valence-electron chi connectivity index (χ4n) is 0.693. The van der Waals surface area contributed by atoms with Crippen LogP contribution in [0, 0.1) is 6.92 Å². The van der Waals surface area contributed by atoms with Crippen LogP contribution in [0.4, 0.5) is 0 Å². The van der Waals surface area contributed by atoms with Gasteiger partial charge in [0.05, 0.1) is 13.7 Å². The standard InChI is InChI=1S/C6H10N4O/c1-4-8-5(3-7)10-6(9-4)11-2/h3,7H2,1-2H3. The zero-order valence-corrected chi connectivity index (χ0v) is 6.53. The van der Waals surface area contributed by atoms with E-state index in [0.717, 1.165) is 0 Å². The average Bonchev–Trinajstić information content (AvgIpc) is 2.03. The Labute approximate surface area is 64.6 Å². The van der Waals surface area contributed by atoms with Gasteiger partial charge in [0.15, 0.2) is 0 Å². The maximum absolute atomic E-state index is 5.33. The van der Waals surface area contributed by atoms with Crippen LogP contribution < -0.4 is 10.5 Å². The molecule has 1 aromatic rings. The fraction of sp³-hybridized carbons (Fsp3) is 0.500. The summed E-state index contributed by atoms with van der Waals surface area (Å²) < 4.78 is 4.82. The van der Waals surface area contributed by atoms with Crippen LogP contribution in [0.5, 0.6) is 6.01 Å². The SMILES string of the molecule is COc1nc(C)nc(CN)n1. The van der Waals surface area contributed by atoms with Gasteiger partial charge in [0.2, 0.25) is 0 Å². The van der Waals surface area contributed by atoms with Gasteiger partial charge < -0.3 is 10.5 Å². The van der Waals surface area contributed by atoms with Crippen molar-refractivity contribution in [3.8, 4) is 6.01 Å². The van der Waals surface area contributed by atoms with Gasteiger partial charge in [-0.05, 0) is 6.92 Å². The van der Waals surface area contributed by atoms with Crippen LogP contribution in [0.2, 0.25) is 0 Å². The highest BCUT2D eigenvalue weighted by Gasteiger charge is 2.00. The molecule has 0 saturated heterocycles. The minimum atomic E-state index is 0.305. The summed E-state index contributed by atoms with van der Waals surface area (Å²) in [6.45, 7) is 2.07. The molecule has 1 heterocycles. The summed E-state index contributed by atoms with van der Waals surface area (Å²) in [7, 11) is 1.51. The zero-order chi connectivity index (χ0) is 8.27. The molecule has 0 aliphatic heterocycles. The molecule has 0 aromatic carbocycles. The minimum absolute atomic E-state index is 0.305. The zero-order valence-electron chi connectivity index (χ0n) is 6.53. The van der Waals surface area contributed by atoms with E-state index in [9.17, 15) is 0 Å². The van der Waals surface area contributed by atoms with Gasteiger partial charge in [0.25, 0.3) is 0 Å². The molecule has 0 radical (unpaired) electrons. The molecular weight excluding hydrogens is 144 g/mol. The number of aryl methyl sites for hydroxylation is 1. The summed E-state index contributed by atoms with van der Waals surface area (Å²) in [4.78, 5) is 11.8. The third kappa shape index (κ3) is 1.84. The molecule has 0 unspecified atom stereocenters. The fourth-order valence-corrected chi connectivity index (χ4v) is 0.693.